The maximum absolute atomic E-state index is 11.6. The molecule has 1 heterocycles. The number of carbonyl (C=O) groups is 1. The molecule has 1 aromatic heterocycles. The standard InChI is InChI=1S/C11H8O4/c1-6(12)10-5-8(14)11-7(13)3-2-4-9(11)15-10/h2-5,13H,1H3. The summed E-state index contributed by atoms with van der Waals surface area (Å²) in [5, 5.41) is 9.54. The molecule has 0 bridgehead atoms. The summed E-state index contributed by atoms with van der Waals surface area (Å²) in [5.41, 5.74) is -0.202. The summed E-state index contributed by atoms with van der Waals surface area (Å²) in [6.07, 6.45) is 0. The van der Waals surface area contributed by atoms with E-state index in [1.165, 1.54) is 19.1 Å². The molecule has 0 fully saturated rings. The van der Waals surface area contributed by atoms with Gasteiger partial charge < -0.3 is 9.52 Å². The molecule has 0 radical (unpaired) electrons. The van der Waals surface area contributed by atoms with Gasteiger partial charge in [0.25, 0.3) is 0 Å². The largest absolute Gasteiger partial charge is 0.507 e. The van der Waals surface area contributed by atoms with Gasteiger partial charge in [0.1, 0.15) is 16.7 Å². The number of ketones is 1. The minimum Gasteiger partial charge on any atom is -0.507 e. The van der Waals surface area contributed by atoms with Gasteiger partial charge in [0.2, 0.25) is 0 Å². The van der Waals surface area contributed by atoms with E-state index in [1.54, 1.807) is 6.07 Å². The molecule has 76 valence electrons. The molecule has 0 amide bonds. The van der Waals surface area contributed by atoms with Crippen LogP contribution in [0, 0.1) is 0 Å². The molecule has 0 spiro atoms. The van der Waals surface area contributed by atoms with Crippen LogP contribution < -0.4 is 5.43 Å². The van der Waals surface area contributed by atoms with Crippen molar-refractivity contribution in [1.29, 1.82) is 0 Å². The zero-order chi connectivity index (χ0) is 11.0. The van der Waals surface area contributed by atoms with Gasteiger partial charge in [0.15, 0.2) is 17.0 Å². The fourth-order valence-electron chi connectivity index (χ4n) is 1.36. The van der Waals surface area contributed by atoms with Gasteiger partial charge in [0.05, 0.1) is 0 Å². The van der Waals surface area contributed by atoms with Crippen molar-refractivity contribution in [2.75, 3.05) is 0 Å². The average molecular weight is 204 g/mol. The highest BCUT2D eigenvalue weighted by Gasteiger charge is 2.10. The second-order valence-corrected chi connectivity index (χ2v) is 3.18. The molecule has 0 unspecified atom stereocenters. The summed E-state index contributed by atoms with van der Waals surface area (Å²) < 4.78 is 5.18. The van der Waals surface area contributed by atoms with E-state index in [2.05, 4.69) is 0 Å². The van der Waals surface area contributed by atoms with Gasteiger partial charge >= 0.3 is 0 Å². The number of phenols is 1. The van der Waals surface area contributed by atoms with Crippen LogP contribution in [-0.4, -0.2) is 10.9 Å². The van der Waals surface area contributed by atoms with E-state index >= 15 is 0 Å². The molecule has 1 aromatic carbocycles. The van der Waals surface area contributed by atoms with Crippen LogP contribution in [0.2, 0.25) is 0 Å². The maximum atomic E-state index is 11.6. The summed E-state index contributed by atoms with van der Waals surface area (Å²) in [4.78, 5) is 22.6. The minimum absolute atomic E-state index is 0.00176. The van der Waals surface area contributed by atoms with Crippen molar-refractivity contribution in [1.82, 2.24) is 0 Å². The predicted octanol–water partition coefficient (Wildman–Crippen LogP) is 1.70. The molecule has 4 heteroatoms. The number of phenolic OH excluding ortho intramolecular Hbond substituents is 1. The number of fused-ring (bicyclic) bond motifs is 1. The molecule has 2 rings (SSSR count). The molecular weight excluding hydrogens is 196 g/mol. The zero-order valence-corrected chi connectivity index (χ0v) is 7.98. The first kappa shape index (κ1) is 9.45. The fraction of sp³-hybridized carbons (Fsp3) is 0.0909. The molecular formula is C11H8O4. The normalized spacial score (nSPS) is 10.5. The average Bonchev–Trinajstić information content (AvgIpc) is 2.17. The quantitative estimate of drug-likeness (QED) is 0.718. The first-order chi connectivity index (χ1) is 7.09. The van der Waals surface area contributed by atoms with Crippen LogP contribution in [0.15, 0.2) is 33.5 Å². The van der Waals surface area contributed by atoms with Crippen molar-refractivity contribution in [3.05, 3.63) is 40.2 Å². The highest BCUT2D eigenvalue weighted by Crippen LogP contribution is 2.21. The van der Waals surface area contributed by atoms with Crippen LogP contribution in [0.3, 0.4) is 0 Å². The molecule has 0 aliphatic rings. The first-order valence-corrected chi connectivity index (χ1v) is 4.36. The van der Waals surface area contributed by atoms with E-state index < -0.39 is 5.43 Å². The monoisotopic (exact) mass is 204 g/mol. The van der Waals surface area contributed by atoms with Gasteiger partial charge in [-0.25, -0.2) is 0 Å². The number of aromatic hydroxyl groups is 1. The van der Waals surface area contributed by atoms with Crippen LogP contribution in [0.4, 0.5) is 0 Å². The number of hydrogen-bond donors (Lipinski definition) is 1. The van der Waals surface area contributed by atoms with Crippen LogP contribution in [0.5, 0.6) is 5.75 Å². The zero-order valence-electron chi connectivity index (χ0n) is 7.98. The molecule has 4 nitrogen and oxygen atoms in total. The van der Waals surface area contributed by atoms with Gasteiger partial charge in [-0.1, -0.05) is 6.07 Å². The van der Waals surface area contributed by atoms with E-state index in [0.29, 0.717) is 0 Å². The SMILES string of the molecule is CC(=O)c1cc(=O)c2c(O)cccc2o1. The van der Waals surface area contributed by atoms with E-state index in [-0.39, 0.29) is 28.3 Å². The van der Waals surface area contributed by atoms with E-state index in [4.69, 9.17) is 4.42 Å². The van der Waals surface area contributed by atoms with Crippen LogP contribution in [0.25, 0.3) is 11.0 Å². The van der Waals surface area contributed by atoms with Crippen LogP contribution in [-0.2, 0) is 0 Å². The smallest absolute Gasteiger partial charge is 0.197 e. The van der Waals surface area contributed by atoms with Gasteiger partial charge in [-0.2, -0.15) is 0 Å². The van der Waals surface area contributed by atoms with Gasteiger partial charge in [-0.05, 0) is 12.1 Å². The molecule has 0 saturated heterocycles. The summed E-state index contributed by atoms with van der Waals surface area (Å²) >= 11 is 0. The van der Waals surface area contributed by atoms with Gasteiger partial charge in [-0.3, -0.25) is 9.59 Å². The van der Waals surface area contributed by atoms with Crippen molar-refractivity contribution >= 4 is 16.8 Å². The molecule has 1 N–H and O–H groups in total. The summed E-state index contributed by atoms with van der Waals surface area (Å²) in [6.45, 7) is 1.31. The Balaban J connectivity index is 2.91. The summed E-state index contributed by atoms with van der Waals surface area (Å²) in [6, 6.07) is 5.56. The highest BCUT2D eigenvalue weighted by atomic mass is 16.3. The molecule has 0 atom stereocenters. The molecule has 0 aliphatic carbocycles. The fourth-order valence-corrected chi connectivity index (χ4v) is 1.36. The second-order valence-electron chi connectivity index (χ2n) is 3.18. The molecule has 2 aromatic rings. The van der Waals surface area contributed by atoms with Crippen molar-refractivity contribution in [3.8, 4) is 5.75 Å². The topological polar surface area (TPSA) is 67.5 Å². The van der Waals surface area contributed by atoms with E-state index in [0.717, 1.165) is 6.07 Å². The van der Waals surface area contributed by atoms with Gasteiger partial charge in [-0.15, -0.1) is 0 Å². The lowest BCUT2D eigenvalue weighted by Crippen LogP contribution is -2.04. The third-order valence-corrected chi connectivity index (χ3v) is 2.08. The Morgan fingerprint density at radius 3 is 2.80 bits per heavy atom. The van der Waals surface area contributed by atoms with Crippen molar-refractivity contribution in [2.24, 2.45) is 0 Å². The number of benzene rings is 1. The molecule has 15 heavy (non-hydrogen) atoms. The third kappa shape index (κ3) is 1.50. The van der Waals surface area contributed by atoms with Crippen LogP contribution >= 0.6 is 0 Å². The lowest BCUT2D eigenvalue weighted by atomic mass is 10.2. The third-order valence-electron chi connectivity index (χ3n) is 2.08. The number of hydrogen-bond acceptors (Lipinski definition) is 4. The maximum Gasteiger partial charge on any atom is 0.197 e. The Hall–Kier alpha value is -2.10. The van der Waals surface area contributed by atoms with E-state index in [1.807, 2.05) is 0 Å². The predicted molar refractivity (Wildman–Crippen MR) is 54.2 cm³/mol. The Bertz CT molecular complexity index is 595. The summed E-state index contributed by atoms with van der Waals surface area (Å²) in [5.74, 6) is -0.466. The number of rotatable bonds is 1. The first-order valence-electron chi connectivity index (χ1n) is 4.36. The van der Waals surface area contributed by atoms with Crippen LogP contribution in [0.1, 0.15) is 17.5 Å². The Morgan fingerprint density at radius 2 is 2.13 bits per heavy atom. The Morgan fingerprint density at radius 1 is 1.40 bits per heavy atom. The van der Waals surface area contributed by atoms with Crippen molar-refractivity contribution < 1.29 is 14.3 Å². The lowest BCUT2D eigenvalue weighted by molar-refractivity contribution is 0.0987. The number of carbonyl (C=O) groups excluding carboxylic acids is 1. The van der Waals surface area contributed by atoms with Crippen molar-refractivity contribution in [3.63, 3.8) is 0 Å². The number of Topliss-reactive ketones (excluding diaryl/α,β-unsaturated/α-hetero) is 1. The minimum atomic E-state index is -0.417. The highest BCUT2D eigenvalue weighted by molar-refractivity contribution is 5.93. The Labute approximate surface area is 84.8 Å². The second kappa shape index (κ2) is 3.24. The van der Waals surface area contributed by atoms with Crippen molar-refractivity contribution in [2.45, 2.75) is 6.92 Å². The van der Waals surface area contributed by atoms with Gasteiger partial charge in [0, 0.05) is 13.0 Å². The summed E-state index contributed by atoms with van der Waals surface area (Å²) in [7, 11) is 0. The lowest BCUT2D eigenvalue weighted by Gasteiger charge is -2.00. The van der Waals surface area contributed by atoms with E-state index in [9.17, 15) is 14.7 Å². The Kier molecular flexibility index (Phi) is 2.04. The molecule has 0 aliphatic heterocycles. The molecule has 0 saturated carbocycles.